The van der Waals surface area contributed by atoms with Gasteiger partial charge in [0.2, 0.25) is 5.95 Å². The highest BCUT2D eigenvalue weighted by atomic mass is 35.5. The van der Waals surface area contributed by atoms with Gasteiger partial charge in [-0.2, -0.15) is 15.0 Å². The minimum atomic E-state index is 0.219. The predicted molar refractivity (Wildman–Crippen MR) is 76.0 cm³/mol. The van der Waals surface area contributed by atoms with Crippen LogP contribution in [0.3, 0.4) is 0 Å². The molecule has 0 radical (unpaired) electrons. The summed E-state index contributed by atoms with van der Waals surface area (Å²) in [6, 6.07) is 5.50. The Morgan fingerprint density at radius 3 is 2.68 bits per heavy atom. The Hall–Kier alpha value is -1.59. The van der Waals surface area contributed by atoms with Crippen molar-refractivity contribution < 1.29 is 4.74 Å². The molecule has 0 aliphatic heterocycles. The predicted octanol–water partition coefficient (Wildman–Crippen LogP) is 3.29. The number of anilines is 1. The van der Waals surface area contributed by atoms with E-state index < -0.39 is 0 Å². The number of hydrogen-bond acceptors (Lipinski definition) is 5. The minimum absolute atomic E-state index is 0.219. The zero-order valence-electron chi connectivity index (χ0n) is 10.4. The molecular weight excluding hydrogens is 287 g/mol. The average molecular weight is 299 g/mol. The molecule has 2 rings (SSSR count). The Balaban J connectivity index is 2.54. The van der Waals surface area contributed by atoms with E-state index in [9.17, 15) is 0 Å². The van der Waals surface area contributed by atoms with Crippen molar-refractivity contribution in [1.29, 1.82) is 0 Å². The smallest absolute Gasteiger partial charge is 0.321 e. The number of methoxy groups -OCH3 is 1. The normalized spacial score (nSPS) is 10.3. The number of nitrogens with zero attached hydrogens (tertiary/aromatic N) is 3. The highest BCUT2D eigenvalue weighted by Crippen LogP contribution is 2.32. The molecule has 0 fully saturated rings. The van der Waals surface area contributed by atoms with Crippen LogP contribution in [0, 0.1) is 0 Å². The van der Waals surface area contributed by atoms with Crippen molar-refractivity contribution in [3.63, 3.8) is 0 Å². The van der Waals surface area contributed by atoms with E-state index >= 15 is 0 Å². The van der Waals surface area contributed by atoms with Crippen molar-refractivity contribution in [2.75, 3.05) is 19.0 Å². The molecule has 1 aromatic heterocycles. The molecule has 7 heteroatoms. The van der Waals surface area contributed by atoms with Crippen LogP contribution in [0.4, 0.5) is 5.95 Å². The summed E-state index contributed by atoms with van der Waals surface area (Å²) in [6.45, 7) is 2.64. The van der Waals surface area contributed by atoms with E-state index in [4.69, 9.17) is 27.9 Å². The van der Waals surface area contributed by atoms with E-state index in [1.165, 1.54) is 7.11 Å². The van der Waals surface area contributed by atoms with Crippen LogP contribution in [0.25, 0.3) is 11.4 Å². The van der Waals surface area contributed by atoms with Crippen molar-refractivity contribution in [1.82, 2.24) is 15.0 Å². The third-order valence-corrected chi connectivity index (χ3v) is 3.14. The van der Waals surface area contributed by atoms with Crippen molar-refractivity contribution >= 4 is 29.2 Å². The van der Waals surface area contributed by atoms with Gasteiger partial charge in [0.25, 0.3) is 0 Å². The summed E-state index contributed by atoms with van der Waals surface area (Å²) in [7, 11) is 1.49. The largest absolute Gasteiger partial charge is 0.467 e. The summed E-state index contributed by atoms with van der Waals surface area (Å²) in [5.74, 6) is 0.843. The molecule has 0 aliphatic rings. The Labute approximate surface area is 121 Å². The van der Waals surface area contributed by atoms with E-state index in [-0.39, 0.29) is 6.01 Å². The van der Waals surface area contributed by atoms with Gasteiger partial charge in [0.05, 0.1) is 17.2 Å². The number of halogens is 2. The fourth-order valence-electron chi connectivity index (χ4n) is 1.48. The van der Waals surface area contributed by atoms with E-state index in [0.717, 1.165) is 0 Å². The molecule has 0 saturated heterocycles. The van der Waals surface area contributed by atoms with Gasteiger partial charge in [-0.25, -0.2) is 0 Å². The van der Waals surface area contributed by atoms with Gasteiger partial charge in [-0.1, -0.05) is 29.3 Å². The third-order valence-electron chi connectivity index (χ3n) is 2.32. The van der Waals surface area contributed by atoms with Crippen molar-refractivity contribution in [2.24, 2.45) is 0 Å². The molecule has 0 aliphatic carbocycles. The van der Waals surface area contributed by atoms with Crippen LogP contribution in [0.15, 0.2) is 18.2 Å². The lowest BCUT2D eigenvalue weighted by atomic mass is 10.2. The van der Waals surface area contributed by atoms with Crippen molar-refractivity contribution in [2.45, 2.75) is 6.92 Å². The van der Waals surface area contributed by atoms with Gasteiger partial charge in [-0.15, -0.1) is 0 Å². The lowest BCUT2D eigenvalue weighted by Gasteiger charge is -2.08. The van der Waals surface area contributed by atoms with E-state index in [0.29, 0.717) is 33.9 Å². The Kier molecular flexibility index (Phi) is 4.39. The Bertz CT molecular complexity index is 592. The number of hydrogen-bond donors (Lipinski definition) is 1. The van der Waals surface area contributed by atoms with Crippen LogP contribution >= 0.6 is 23.2 Å². The van der Waals surface area contributed by atoms with E-state index in [2.05, 4.69) is 20.3 Å². The Morgan fingerprint density at radius 1 is 1.21 bits per heavy atom. The fourth-order valence-corrected chi connectivity index (χ4v) is 1.87. The molecule has 0 amide bonds. The first-order valence-corrected chi connectivity index (χ1v) is 6.39. The highest BCUT2D eigenvalue weighted by Gasteiger charge is 2.13. The zero-order chi connectivity index (χ0) is 13.8. The van der Waals surface area contributed by atoms with Crippen molar-refractivity contribution in [3.8, 4) is 17.4 Å². The van der Waals surface area contributed by atoms with Crippen LogP contribution < -0.4 is 10.1 Å². The Morgan fingerprint density at radius 2 is 2.00 bits per heavy atom. The molecule has 1 aromatic carbocycles. The van der Waals surface area contributed by atoms with Gasteiger partial charge in [-0.3, -0.25) is 0 Å². The molecule has 5 nitrogen and oxygen atoms in total. The molecule has 0 atom stereocenters. The minimum Gasteiger partial charge on any atom is -0.467 e. The molecule has 1 heterocycles. The SMILES string of the molecule is CCNc1nc(OC)nc(-c2cccc(Cl)c2Cl)n1. The van der Waals surface area contributed by atoms with E-state index in [1.807, 2.05) is 6.92 Å². The number of aromatic nitrogens is 3. The number of nitrogens with one attached hydrogen (secondary N) is 1. The summed E-state index contributed by atoms with van der Waals surface area (Å²) in [5, 5.41) is 3.86. The summed E-state index contributed by atoms with van der Waals surface area (Å²) in [6.07, 6.45) is 0. The van der Waals surface area contributed by atoms with Gasteiger partial charge in [0, 0.05) is 12.1 Å². The molecule has 0 saturated carbocycles. The van der Waals surface area contributed by atoms with Gasteiger partial charge < -0.3 is 10.1 Å². The maximum absolute atomic E-state index is 6.16. The van der Waals surface area contributed by atoms with Gasteiger partial charge in [-0.05, 0) is 19.1 Å². The second-order valence-corrected chi connectivity index (χ2v) is 4.39. The molecule has 0 spiro atoms. The quantitative estimate of drug-likeness (QED) is 0.938. The van der Waals surface area contributed by atoms with Crippen LogP contribution in [0.2, 0.25) is 10.0 Å². The summed E-state index contributed by atoms with van der Waals surface area (Å²) >= 11 is 12.1. The van der Waals surface area contributed by atoms with Gasteiger partial charge in [0.15, 0.2) is 5.82 Å². The maximum Gasteiger partial charge on any atom is 0.321 e. The summed E-state index contributed by atoms with van der Waals surface area (Å²) in [5.41, 5.74) is 0.633. The second kappa shape index (κ2) is 6.04. The van der Waals surface area contributed by atoms with Crippen LogP contribution in [0.1, 0.15) is 6.92 Å². The lowest BCUT2D eigenvalue weighted by Crippen LogP contribution is -2.06. The number of ether oxygens (including phenoxy) is 1. The van der Waals surface area contributed by atoms with Gasteiger partial charge >= 0.3 is 6.01 Å². The molecule has 0 unspecified atom stereocenters. The number of benzene rings is 1. The monoisotopic (exact) mass is 298 g/mol. The van der Waals surface area contributed by atoms with Crippen LogP contribution in [0.5, 0.6) is 6.01 Å². The van der Waals surface area contributed by atoms with Crippen molar-refractivity contribution in [3.05, 3.63) is 28.2 Å². The lowest BCUT2D eigenvalue weighted by molar-refractivity contribution is 0.379. The number of rotatable bonds is 4. The topological polar surface area (TPSA) is 59.9 Å². The molecular formula is C12H12Cl2N4O. The maximum atomic E-state index is 6.16. The summed E-state index contributed by atoms with van der Waals surface area (Å²) < 4.78 is 5.06. The second-order valence-electron chi connectivity index (χ2n) is 3.60. The average Bonchev–Trinajstić information content (AvgIpc) is 2.42. The van der Waals surface area contributed by atoms with Crippen LogP contribution in [-0.4, -0.2) is 28.6 Å². The van der Waals surface area contributed by atoms with Gasteiger partial charge in [0.1, 0.15) is 0 Å². The van der Waals surface area contributed by atoms with Crippen LogP contribution in [-0.2, 0) is 0 Å². The first-order valence-electron chi connectivity index (χ1n) is 5.64. The summed E-state index contributed by atoms with van der Waals surface area (Å²) in [4.78, 5) is 12.6. The standard InChI is InChI=1S/C12H12Cl2N4O/c1-3-15-11-16-10(17-12(18-11)19-2)7-5-4-6-8(13)9(7)14/h4-6H,3H2,1-2H3,(H,15,16,17,18). The fraction of sp³-hybridized carbons (Fsp3) is 0.250. The zero-order valence-corrected chi connectivity index (χ0v) is 12.0. The molecule has 1 N–H and O–H groups in total. The van der Waals surface area contributed by atoms with E-state index in [1.54, 1.807) is 18.2 Å². The molecule has 0 bridgehead atoms. The first kappa shape index (κ1) is 13.8. The highest BCUT2D eigenvalue weighted by molar-refractivity contribution is 6.43. The first-order chi connectivity index (χ1) is 9.15. The third kappa shape index (κ3) is 3.05. The molecule has 19 heavy (non-hydrogen) atoms. The molecule has 2 aromatic rings. The molecule has 100 valence electrons.